The van der Waals surface area contributed by atoms with Crippen molar-refractivity contribution < 1.29 is 9.84 Å². The van der Waals surface area contributed by atoms with Crippen molar-refractivity contribution in [2.75, 3.05) is 13.7 Å². The lowest BCUT2D eigenvalue weighted by Gasteiger charge is -2.06. The van der Waals surface area contributed by atoms with Gasteiger partial charge < -0.3 is 15.2 Å². The Labute approximate surface area is 96.8 Å². The van der Waals surface area contributed by atoms with Crippen LogP contribution in [0, 0.1) is 0 Å². The number of nitrogens with one attached hydrogen (secondary N) is 1. The Morgan fingerprint density at radius 2 is 2.19 bits per heavy atom. The van der Waals surface area contributed by atoms with Crippen molar-refractivity contribution in [3.8, 4) is 11.5 Å². The maximum absolute atomic E-state index is 9.57. The van der Waals surface area contributed by atoms with E-state index in [1.165, 1.54) is 5.57 Å². The zero-order chi connectivity index (χ0) is 12.0. The van der Waals surface area contributed by atoms with Gasteiger partial charge in [-0.15, -0.1) is 0 Å². The van der Waals surface area contributed by atoms with E-state index in [1.807, 2.05) is 6.07 Å². The fourth-order valence-electron chi connectivity index (χ4n) is 1.34. The maximum atomic E-state index is 9.57. The fraction of sp³-hybridized carbons (Fsp3) is 0.385. The smallest absolute Gasteiger partial charge is 0.160 e. The summed E-state index contributed by atoms with van der Waals surface area (Å²) < 4.78 is 4.98. The van der Waals surface area contributed by atoms with Crippen molar-refractivity contribution in [2.45, 2.75) is 20.4 Å². The summed E-state index contributed by atoms with van der Waals surface area (Å²) in [5.41, 5.74) is 2.34. The summed E-state index contributed by atoms with van der Waals surface area (Å²) in [6, 6.07) is 5.43. The van der Waals surface area contributed by atoms with Crippen LogP contribution in [0.2, 0.25) is 0 Å². The first kappa shape index (κ1) is 12.6. The molecule has 0 aliphatic heterocycles. The van der Waals surface area contributed by atoms with E-state index in [0.717, 1.165) is 18.7 Å². The molecule has 0 aliphatic carbocycles. The average Bonchev–Trinajstić information content (AvgIpc) is 2.24. The zero-order valence-corrected chi connectivity index (χ0v) is 10.1. The second-order valence-electron chi connectivity index (χ2n) is 3.92. The third-order valence-electron chi connectivity index (χ3n) is 2.23. The van der Waals surface area contributed by atoms with Gasteiger partial charge in [0.2, 0.25) is 0 Å². The van der Waals surface area contributed by atoms with E-state index in [0.29, 0.717) is 5.75 Å². The predicted octanol–water partition coefficient (Wildman–Crippen LogP) is 2.46. The fourth-order valence-corrected chi connectivity index (χ4v) is 1.34. The maximum Gasteiger partial charge on any atom is 0.160 e. The molecule has 0 atom stereocenters. The van der Waals surface area contributed by atoms with Crippen LogP contribution < -0.4 is 10.1 Å². The summed E-state index contributed by atoms with van der Waals surface area (Å²) >= 11 is 0. The van der Waals surface area contributed by atoms with Gasteiger partial charge in [-0.2, -0.15) is 0 Å². The molecular formula is C13H19NO2. The molecule has 3 nitrogen and oxygen atoms in total. The molecular weight excluding hydrogens is 202 g/mol. The molecule has 0 saturated carbocycles. The van der Waals surface area contributed by atoms with Crippen LogP contribution in [0.15, 0.2) is 29.8 Å². The molecule has 3 heteroatoms. The van der Waals surface area contributed by atoms with Crippen LogP contribution in [0.25, 0.3) is 0 Å². The second kappa shape index (κ2) is 6.18. The minimum absolute atomic E-state index is 0.184. The molecule has 0 bridgehead atoms. The molecule has 0 amide bonds. The Morgan fingerprint density at radius 3 is 2.75 bits per heavy atom. The molecule has 16 heavy (non-hydrogen) atoms. The van der Waals surface area contributed by atoms with Crippen molar-refractivity contribution in [3.05, 3.63) is 35.4 Å². The lowest BCUT2D eigenvalue weighted by Crippen LogP contribution is -2.12. The van der Waals surface area contributed by atoms with Gasteiger partial charge in [0, 0.05) is 13.1 Å². The van der Waals surface area contributed by atoms with Gasteiger partial charge in [-0.25, -0.2) is 0 Å². The van der Waals surface area contributed by atoms with Crippen LogP contribution in [0.1, 0.15) is 19.4 Å². The van der Waals surface area contributed by atoms with Crippen LogP contribution in [0.4, 0.5) is 0 Å². The Hall–Kier alpha value is -1.48. The standard InChI is InChI=1S/C13H19NO2/c1-10(2)6-7-14-9-11-4-5-13(16-3)12(15)8-11/h4-6,8,14-15H,7,9H2,1-3H3. The first-order valence-corrected chi connectivity index (χ1v) is 5.33. The van der Waals surface area contributed by atoms with Crippen molar-refractivity contribution in [1.82, 2.24) is 5.32 Å². The Morgan fingerprint density at radius 1 is 1.44 bits per heavy atom. The molecule has 0 spiro atoms. The number of aromatic hydroxyl groups is 1. The molecule has 0 aromatic heterocycles. The van der Waals surface area contributed by atoms with Crippen LogP contribution >= 0.6 is 0 Å². The van der Waals surface area contributed by atoms with E-state index >= 15 is 0 Å². The van der Waals surface area contributed by atoms with E-state index in [-0.39, 0.29) is 5.75 Å². The molecule has 1 aromatic rings. The van der Waals surface area contributed by atoms with Crippen LogP contribution in [0.3, 0.4) is 0 Å². The first-order valence-electron chi connectivity index (χ1n) is 5.33. The van der Waals surface area contributed by atoms with E-state index in [4.69, 9.17) is 4.74 Å². The van der Waals surface area contributed by atoms with Crippen LogP contribution in [-0.4, -0.2) is 18.8 Å². The highest BCUT2D eigenvalue weighted by Crippen LogP contribution is 2.25. The number of hydrogen-bond donors (Lipinski definition) is 2. The summed E-state index contributed by atoms with van der Waals surface area (Å²) in [5, 5.41) is 12.8. The van der Waals surface area contributed by atoms with E-state index in [2.05, 4.69) is 25.2 Å². The van der Waals surface area contributed by atoms with Gasteiger partial charge in [-0.3, -0.25) is 0 Å². The number of allylic oxidation sites excluding steroid dienone is 1. The minimum Gasteiger partial charge on any atom is -0.504 e. The number of benzene rings is 1. The molecule has 1 rings (SSSR count). The van der Waals surface area contributed by atoms with Crippen molar-refractivity contribution in [3.63, 3.8) is 0 Å². The molecule has 0 radical (unpaired) electrons. The van der Waals surface area contributed by atoms with E-state index < -0.39 is 0 Å². The molecule has 0 aliphatic rings. The Kier molecular flexibility index (Phi) is 4.86. The van der Waals surface area contributed by atoms with Gasteiger partial charge >= 0.3 is 0 Å². The van der Waals surface area contributed by atoms with E-state index in [1.54, 1.807) is 19.2 Å². The normalized spacial score (nSPS) is 9.94. The van der Waals surface area contributed by atoms with Gasteiger partial charge in [0.15, 0.2) is 11.5 Å². The lowest BCUT2D eigenvalue weighted by molar-refractivity contribution is 0.373. The van der Waals surface area contributed by atoms with Gasteiger partial charge in [-0.1, -0.05) is 17.7 Å². The summed E-state index contributed by atoms with van der Waals surface area (Å²) in [6.07, 6.45) is 2.13. The highest BCUT2D eigenvalue weighted by molar-refractivity contribution is 5.41. The second-order valence-corrected chi connectivity index (χ2v) is 3.92. The average molecular weight is 221 g/mol. The van der Waals surface area contributed by atoms with Crippen LogP contribution in [-0.2, 0) is 6.54 Å². The van der Waals surface area contributed by atoms with Crippen molar-refractivity contribution in [1.29, 1.82) is 0 Å². The van der Waals surface area contributed by atoms with Gasteiger partial charge in [-0.05, 0) is 31.5 Å². The van der Waals surface area contributed by atoms with Crippen LogP contribution in [0.5, 0.6) is 11.5 Å². The molecule has 88 valence electrons. The highest BCUT2D eigenvalue weighted by atomic mass is 16.5. The van der Waals surface area contributed by atoms with E-state index in [9.17, 15) is 5.11 Å². The van der Waals surface area contributed by atoms with Gasteiger partial charge in [0.25, 0.3) is 0 Å². The Bertz CT molecular complexity index is 368. The lowest BCUT2D eigenvalue weighted by atomic mass is 10.2. The molecule has 2 N–H and O–H groups in total. The third kappa shape index (κ3) is 3.95. The summed E-state index contributed by atoms with van der Waals surface area (Å²) in [5.74, 6) is 0.692. The number of hydrogen-bond acceptors (Lipinski definition) is 3. The first-order chi connectivity index (χ1) is 7.63. The summed E-state index contributed by atoms with van der Waals surface area (Å²) in [4.78, 5) is 0. The van der Waals surface area contributed by atoms with Crippen molar-refractivity contribution >= 4 is 0 Å². The number of rotatable bonds is 5. The quantitative estimate of drug-likeness (QED) is 0.593. The zero-order valence-electron chi connectivity index (χ0n) is 10.1. The largest absolute Gasteiger partial charge is 0.504 e. The minimum atomic E-state index is 0.184. The molecule has 0 heterocycles. The molecule has 0 saturated heterocycles. The number of methoxy groups -OCH3 is 1. The molecule has 1 aromatic carbocycles. The molecule has 0 fully saturated rings. The number of phenols is 1. The Balaban J connectivity index is 2.49. The van der Waals surface area contributed by atoms with Gasteiger partial charge in [0.1, 0.15) is 0 Å². The SMILES string of the molecule is COc1ccc(CNCC=C(C)C)cc1O. The van der Waals surface area contributed by atoms with Gasteiger partial charge in [0.05, 0.1) is 7.11 Å². The molecule has 0 unspecified atom stereocenters. The third-order valence-corrected chi connectivity index (χ3v) is 2.23. The number of ether oxygens (including phenoxy) is 1. The summed E-state index contributed by atoms with van der Waals surface area (Å²) in [6.45, 7) is 5.72. The topological polar surface area (TPSA) is 41.5 Å². The predicted molar refractivity (Wildman–Crippen MR) is 65.8 cm³/mol. The van der Waals surface area contributed by atoms with Crippen molar-refractivity contribution in [2.24, 2.45) is 0 Å². The monoisotopic (exact) mass is 221 g/mol. The number of phenolic OH excluding ortho intramolecular Hbond substituents is 1. The highest BCUT2D eigenvalue weighted by Gasteiger charge is 2.01. The summed E-state index contributed by atoms with van der Waals surface area (Å²) in [7, 11) is 1.54.